The average molecular weight is 329 g/mol. The van der Waals surface area contributed by atoms with E-state index in [0.717, 1.165) is 5.69 Å². The Bertz CT molecular complexity index is 645. The topological polar surface area (TPSA) is 92.5 Å². The van der Waals surface area contributed by atoms with E-state index in [2.05, 4.69) is 10.5 Å². The van der Waals surface area contributed by atoms with Crippen molar-refractivity contribution in [1.82, 2.24) is 9.46 Å². The molecule has 0 radical (unpaired) electrons. The SMILES string of the molecule is CCCS(=O)(=O)N1CC[C@H]1C(=O)Nc1cc(C(C)(C)C)no1. The number of carbonyl (C=O) groups excluding carboxylic acids is 1. The Balaban J connectivity index is 2.03. The van der Waals surface area contributed by atoms with Crippen LogP contribution in [0.25, 0.3) is 0 Å². The van der Waals surface area contributed by atoms with Crippen LogP contribution in [0.4, 0.5) is 5.88 Å². The highest BCUT2D eigenvalue weighted by atomic mass is 32.2. The van der Waals surface area contributed by atoms with Gasteiger partial charge in [-0.15, -0.1) is 0 Å². The van der Waals surface area contributed by atoms with E-state index in [1.165, 1.54) is 4.31 Å². The highest BCUT2D eigenvalue weighted by molar-refractivity contribution is 7.89. The average Bonchev–Trinajstić information content (AvgIpc) is 2.74. The predicted octanol–water partition coefficient (Wildman–Crippen LogP) is 1.72. The molecule has 2 rings (SSSR count). The Labute approximate surface area is 131 Å². The van der Waals surface area contributed by atoms with Crippen LogP contribution in [0.15, 0.2) is 10.6 Å². The molecule has 2 heterocycles. The quantitative estimate of drug-likeness (QED) is 0.888. The molecule has 1 aromatic heterocycles. The van der Waals surface area contributed by atoms with Crippen LogP contribution in [-0.4, -0.2) is 42.1 Å². The van der Waals surface area contributed by atoms with Crippen LogP contribution in [0.3, 0.4) is 0 Å². The zero-order chi connectivity index (χ0) is 16.5. The van der Waals surface area contributed by atoms with E-state index in [4.69, 9.17) is 4.52 Å². The van der Waals surface area contributed by atoms with Gasteiger partial charge in [0.15, 0.2) is 0 Å². The second-order valence-electron chi connectivity index (χ2n) is 6.55. The molecule has 1 aliphatic heterocycles. The van der Waals surface area contributed by atoms with Crippen molar-refractivity contribution in [1.29, 1.82) is 0 Å². The first-order valence-electron chi connectivity index (χ1n) is 7.42. The maximum Gasteiger partial charge on any atom is 0.245 e. The highest BCUT2D eigenvalue weighted by Crippen LogP contribution is 2.26. The minimum atomic E-state index is -3.35. The summed E-state index contributed by atoms with van der Waals surface area (Å²) in [5, 5.41) is 6.53. The molecule has 0 bridgehead atoms. The van der Waals surface area contributed by atoms with Gasteiger partial charge in [-0.05, 0) is 12.8 Å². The first-order chi connectivity index (χ1) is 10.1. The number of amides is 1. The molecule has 22 heavy (non-hydrogen) atoms. The van der Waals surface area contributed by atoms with Crippen LogP contribution < -0.4 is 5.32 Å². The molecule has 7 nitrogen and oxygen atoms in total. The Morgan fingerprint density at radius 2 is 2.18 bits per heavy atom. The molecular weight excluding hydrogens is 306 g/mol. The number of nitrogens with zero attached hydrogens (tertiary/aromatic N) is 2. The third-order valence-electron chi connectivity index (χ3n) is 3.62. The second kappa shape index (κ2) is 6.00. The molecule has 124 valence electrons. The standard InChI is InChI=1S/C14H23N3O4S/c1-5-8-22(19,20)17-7-6-10(17)13(18)15-12-9-11(16-21-12)14(2,3)4/h9-10H,5-8H2,1-4H3,(H,15,18)/t10-/m0/s1. The molecule has 0 aromatic carbocycles. The number of nitrogens with one attached hydrogen (secondary N) is 1. The minimum Gasteiger partial charge on any atom is -0.338 e. The molecule has 1 N–H and O–H groups in total. The summed E-state index contributed by atoms with van der Waals surface area (Å²) in [4.78, 5) is 12.2. The summed E-state index contributed by atoms with van der Waals surface area (Å²) in [6.07, 6.45) is 1.05. The van der Waals surface area contributed by atoms with Crippen molar-refractivity contribution in [3.63, 3.8) is 0 Å². The highest BCUT2D eigenvalue weighted by Gasteiger charge is 2.41. The minimum absolute atomic E-state index is 0.0628. The smallest absolute Gasteiger partial charge is 0.245 e. The lowest BCUT2D eigenvalue weighted by Crippen LogP contribution is -2.57. The van der Waals surface area contributed by atoms with Crippen LogP contribution in [0, 0.1) is 0 Å². The van der Waals surface area contributed by atoms with Crippen LogP contribution in [0.2, 0.25) is 0 Å². The van der Waals surface area contributed by atoms with Gasteiger partial charge in [0.05, 0.1) is 11.4 Å². The maximum atomic E-state index is 12.2. The maximum absolute atomic E-state index is 12.2. The van der Waals surface area contributed by atoms with E-state index in [9.17, 15) is 13.2 Å². The van der Waals surface area contributed by atoms with Crippen molar-refractivity contribution < 1.29 is 17.7 Å². The van der Waals surface area contributed by atoms with Gasteiger partial charge in [-0.3, -0.25) is 10.1 Å². The summed E-state index contributed by atoms with van der Waals surface area (Å²) < 4.78 is 30.4. The van der Waals surface area contributed by atoms with Crippen LogP contribution in [-0.2, 0) is 20.2 Å². The second-order valence-corrected chi connectivity index (χ2v) is 8.59. The predicted molar refractivity (Wildman–Crippen MR) is 83.0 cm³/mol. The monoisotopic (exact) mass is 329 g/mol. The van der Waals surface area contributed by atoms with Crippen molar-refractivity contribution in [2.24, 2.45) is 0 Å². The van der Waals surface area contributed by atoms with Crippen LogP contribution >= 0.6 is 0 Å². The molecule has 1 aromatic rings. The lowest BCUT2D eigenvalue weighted by atomic mass is 9.92. The van der Waals surface area contributed by atoms with Crippen LogP contribution in [0.5, 0.6) is 0 Å². The Hall–Kier alpha value is -1.41. The molecular formula is C14H23N3O4S. The number of hydrogen-bond donors (Lipinski definition) is 1. The van der Waals surface area contributed by atoms with E-state index < -0.39 is 16.1 Å². The first-order valence-corrected chi connectivity index (χ1v) is 9.03. The van der Waals surface area contributed by atoms with Gasteiger partial charge in [-0.2, -0.15) is 4.31 Å². The summed E-state index contributed by atoms with van der Waals surface area (Å²) in [7, 11) is -3.35. The molecule has 0 spiro atoms. The molecule has 8 heteroatoms. The molecule has 1 saturated heterocycles. The lowest BCUT2D eigenvalue weighted by molar-refractivity contribution is -0.122. The molecule has 1 atom stereocenters. The fourth-order valence-corrected chi connectivity index (χ4v) is 3.95. The molecule has 0 unspecified atom stereocenters. The summed E-state index contributed by atoms with van der Waals surface area (Å²) in [5.74, 6) is -0.0648. The van der Waals surface area contributed by atoms with E-state index >= 15 is 0 Å². The number of anilines is 1. The number of carbonyl (C=O) groups is 1. The largest absolute Gasteiger partial charge is 0.338 e. The van der Waals surface area contributed by atoms with Crippen molar-refractivity contribution in [2.75, 3.05) is 17.6 Å². The van der Waals surface area contributed by atoms with Gasteiger partial charge in [0, 0.05) is 18.0 Å². The van der Waals surface area contributed by atoms with E-state index in [1.54, 1.807) is 13.0 Å². The molecule has 1 aliphatic rings. The molecule has 1 fully saturated rings. The summed E-state index contributed by atoms with van der Waals surface area (Å²) in [5.41, 5.74) is 0.547. The molecule has 0 aliphatic carbocycles. The van der Waals surface area contributed by atoms with Gasteiger partial charge in [0.1, 0.15) is 6.04 Å². The van der Waals surface area contributed by atoms with E-state index in [1.807, 2.05) is 20.8 Å². The van der Waals surface area contributed by atoms with E-state index in [-0.39, 0.29) is 23.0 Å². The zero-order valence-electron chi connectivity index (χ0n) is 13.4. The fraction of sp³-hybridized carbons (Fsp3) is 0.714. The normalized spacial score (nSPS) is 19.7. The van der Waals surface area contributed by atoms with Gasteiger partial charge < -0.3 is 4.52 Å². The van der Waals surface area contributed by atoms with Gasteiger partial charge >= 0.3 is 0 Å². The third-order valence-corrected chi connectivity index (χ3v) is 5.69. The number of aromatic nitrogens is 1. The summed E-state index contributed by atoms with van der Waals surface area (Å²) in [6, 6.07) is 1.02. The number of rotatable bonds is 5. The van der Waals surface area contributed by atoms with Gasteiger partial charge in [0.25, 0.3) is 0 Å². The molecule has 0 saturated carbocycles. The Morgan fingerprint density at radius 3 is 2.64 bits per heavy atom. The zero-order valence-corrected chi connectivity index (χ0v) is 14.2. The lowest BCUT2D eigenvalue weighted by Gasteiger charge is -2.38. The number of hydrogen-bond acceptors (Lipinski definition) is 5. The fourth-order valence-electron chi connectivity index (χ4n) is 2.23. The van der Waals surface area contributed by atoms with Crippen LogP contribution in [0.1, 0.15) is 46.2 Å². The van der Waals surface area contributed by atoms with Crippen molar-refractivity contribution in [3.8, 4) is 0 Å². The van der Waals surface area contributed by atoms with Crippen molar-refractivity contribution in [3.05, 3.63) is 11.8 Å². The molecule has 1 amide bonds. The third kappa shape index (κ3) is 3.49. The summed E-state index contributed by atoms with van der Waals surface area (Å²) in [6.45, 7) is 8.16. The Morgan fingerprint density at radius 1 is 1.50 bits per heavy atom. The van der Waals surface area contributed by atoms with Crippen molar-refractivity contribution in [2.45, 2.75) is 52.0 Å². The summed E-state index contributed by atoms with van der Waals surface area (Å²) >= 11 is 0. The van der Waals surface area contributed by atoms with Gasteiger partial charge in [-0.25, -0.2) is 8.42 Å². The van der Waals surface area contributed by atoms with Gasteiger partial charge in [0.2, 0.25) is 21.8 Å². The van der Waals surface area contributed by atoms with Gasteiger partial charge in [-0.1, -0.05) is 32.9 Å². The Kier molecular flexibility index (Phi) is 4.62. The van der Waals surface area contributed by atoms with E-state index in [0.29, 0.717) is 19.4 Å². The van der Waals surface area contributed by atoms with Crippen molar-refractivity contribution >= 4 is 21.8 Å². The number of sulfonamides is 1. The first kappa shape index (κ1) is 17.0.